The molecule has 29 heavy (non-hydrogen) atoms. The van der Waals surface area contributed by atoms with E-state index >= 15 is 0 Å². The molecule has 2 aliphatic rings. The molecule has 1 aromatic heterocycles. The molecule has 0 bridgehead atoms. The molecule has 2 fully saturated rings. The van der Waals surface area contributed by atoms with Crippen molar-refractivity contribution in [2.75, 3.05) is 6.54 Å². The molecule has 7 heteroatoms. The van der Waals surface area contributed by atoms with Crippen LogP contribution in [0.3, 0.4) is 0 Å². The van der Waals surface area contributed by atoms with Gasteiger partial charge in [-0.05, 0) is 61.1 Å². The van der Waals surface area contributed by atoms with Gasteiger partial charge in [0.1, 0.15) is 5.01 Å². The molecular formula is C22H21N3O3S. The number of thiazole rings is 1. The van der Waals surface area contributed by atoms with Crippen molar-refractivity contribution in [1.82, 2.24) is 15.2 Å². The van der Waals surface area contributed by atoms with E-state index in [2.05, 4.69) is 11.4 Å². The fraction of sp³-hybridized carbons (Fsp3) is 0.318. The van der Waals surface area contributed by atoms with Gasteiger partial charge in [-0.15, -0.1) is 11.3 Å². The molecule has 1 atom stereocenters. The SMILES string of the molecule is O=C(NC1CC1)c1ccc(-c2ccc3nc(C4CCCN4C(=O)O)sc3c2)cc1. The van der Waals surface area contributed by atoms with Crippen molar-refractivity contribution < 1.29 is 14.7 Å². The van der Waals surface area contributed by atoms with Crippen molar-refractivity contribution in [2.45, 2.75) is 37.8 Å². The first-order valence-electron chi connectivity index (χ1n) is 9.90. The van der Waals surface area contributed by atoms with Crippen molar-refractivity contribution in [3.63, 3.8) is 0 Å². The van der Waals surface area contributed by atoms with Crippen LogP contribution < -0.4 is 5.32 Å². The van der Waals surface area contributed by atoms with Crippen LogP contribution in [0.1, 0.15) is 47.1 Å². The Labute approximate surface area is 172 Å². The number of fused-ring (bicyclic) bond motifs is 1. The van der Waals surface area contributed by atoms with E-state index in [-0.39, 0.29) is 11.9 Å². The summed E-state index contributed by atoms with van der Waals surface area (Å²) in [6.07, 6.45) is 2.97. The van der Waals surface area contributed by atoms with Gasteiger partial charge in [0.15, 0.2) is 0 Å². The van der Waals surface area contributed by atoms with Crippen LogP contribution in [0, 0.1) is 0 Å². The molecule has 148 valence electrons. The summed E-state index contributed by atoms with van der Waals surface area (Å²) in [6, 6.07) is 14.0. The highest BCUT2D eigenvalue weighted by atomic mass is 32.1. The molecule has 3 aromatic rings. The molecule has 6 nitrogen and oxygen atoms in total. The number of aromatic nitrogens is 1. The van der Waals surface area contributed by atoms with Crippen molar-refractivity contribution in [3.05, 3.63) is 53.0 Å². The molecular weight excluding hydrogens is 386 g/mol. The minimum absolute atomic E-state index is 0.0128. The predicted octanol–water partition coefficient (Wildman–Crippen LogP) is 4.67. The third-order valence-electron chi connectivity index (χ3n) is 5.58. The van der Waals surface area contributed by atoms with E-state index < -0.39 is 6.09 Å². The first-order valence-corrected chi connectivity index (χ1v) is 10.7. The highest BCUT2D eigenvalue weighted by Gasteiger charge is 2.32. The van der Waals surface area contributed by atoms with Crippen molar-refractivity contribution in [2.24, 2.45) is 0 Å². The third-order valence-corrected chi connectivity index (χ3v) is 6.70. The van der Waals surface area contributed by atoms with E-state index in [1.165, 1.54) is 4.90 Å². The lowest BCUT2D eigenvalue weighted by Gasteiger charge is -2.18. The predicted molar refractivity (Wildman–Crippen MR) is 112 cm³/mol. The largest absolute Gasteiger partial charge is 0.465 e. The quantitative estimate of drug-likeness (QED) is 0.658. The summed E-state index contributed by atoms with van der Waals surface area (Å²) in [7, 11) is 0. The van der Waals surface area contributed by atoms with E-state index in [0.29, 0.717) is 18.2 Å². The molecule has 0 radical (unpaired) electrons. The number of benzene rings is 2. The Kier molecular flexibility index (Phi) is 4.47. The molecule has 2 aromatic carbocycles. The number of nitrogens with zero attached hydrogens (tertiary/aromatic N) is 2. The number of hydrogen-bond acceptors (Lipinski definition) is 4. The fourth-order valence-electron chi connectivity index (χ4n) is 3.83. The van der Waals surface area contributed by atoms with Gasteiger partial charge in [0.05, 0.1) is 16.3 Å². The maximum atomic E-state index is 12.2. The van der Waals surface area contributed by atoms with Gasteiger partial charge in [0, 0.05) is 18.2 Å². The van der Waals surface area contributed by atoms with Crippen LogP contribution in [-0.4, -0.2) is 39.6 Å². The standard InChI is InChI=1S/C22H21N3O3S/c26-20(23-16-8-9-16)14-5-3-13(4-6-14)15-7-10-17-19(12-15)29-21(24-17)18-2-1-11-25(18)22(27)28/h3-7,10,12,16,18H,1-2,8-9,11H2,(H,23,26)(H,27,28). The van der Waals surface area contributed by atoms with Crippen molar-refractivity contribution in [3.8, 4) is 11.1 Å². The van der Waals surface area contributed by atoms with Crippen molar-refractivity contribution in [1.29, 1.82) is 0 Å². The minimum Gasteiger partial charge on any atom is -0.465 e. The zero-order chi connectivity index (χ0) is 20.0. The van der Waals surface area contributed by atoms with Crippen LogP contribution in [0.2, 0.25) is 0 Å². The fourth-order valence-corrected chi connectivity index (χ4v) is 4.98. The monoisotopic (exact) mass is 407 g/mol. The summed E-state index contributed by atoms with van der Waals surface area (Å²) >= 11 is 1.57. The molecule has 1 aliphatic heterocycles. The average molecular weight is 407 g/mol. The third kappa shape index (κ3) is 3.58. The van der Waals surface area contributed by atoms with Crippen LogP contribution in [0.5, 0.6) is 0 Å². The molecule has 1 aliphatic carbocycles. The number of rotatable bonds is 4. The molecule has 2 N–H and O–H groups in total. The van der Waals surface area contributed by atoms with Gasteiger partial charge < -0.3 is 10.4 Å². The molecule has 1 unspecified atom stereocenters. The van der Waals surface area contributed by atoms with E-state index in [0.717, 1.165) is 52.0 Å². The second-order valence-corrected chi connectivity index (χ2v) is 8.76. The molecule has 1 saturated carbocycles. The number of carbonyl (C=O) groups excluding carboxylic acids is 1. The Morgan fingerprint density at radius 3 is 2.55 bits per heavy atom. The Morgan fingerprint density at radius 1 is 1.07 bits per heavy atom. The van der Waals surface area contributed by atoms with Crippen LogP contribution in [0.25, 0.3) is 21.3 Å². The lowest BCUT2D eigenvalue weighted by Crippen LogP contribution is -2.28. The van der Waals surface area contributed by atoms with Gasteiger partial charge in [0.2, 0.25) is 0 Å². The summed E-state index contributed by atoms with van der Waals surface area (Å²) in [6.45, 7) is 0.571. The van der Waals surface area contributed by atoms with Crippen LogP contribution in [-0.2, 0) is 0 Å². The topological polar surface area (TPSA) is 82.5 Å². The first-order chi connectivity index (χ1) is 14.1. The van der Waals surface area contributed by atoms with Crippen LogP contribution in [0.15, 0.2) is 42.5 Å². The summed E-state index contributed by atoms with van der Waals surface area (Å²) in [5.74, 6) is -0.0128. The normalized spacial score (nSPS) is 18.9. The maximum Gasteiger partial charge on any atom is 0.407 e. The zero-order valence-electron chi connectivity index (χ0n) is 15.8. The van der Waals surface area contributed by atoms with Gasteiger partial charge in [0.25, 0.3) is 5.91 Å². The van der Waals surface area contributed by atoms with Gasteiger partial charge >= 0.3 is 6.09 Å². The number of carboxylic acid groups (broad SMARTS) is 1. The Morgan fingerprint density at radius 2 is 1.83 bits per heavy atom. The van der Waals surface area contributed by atoms with Gasteiger partial charge in [-0.1, -0.05) is 18.2 Å². The molecule has 5 rings (SSSR count). The van der Waals surface area contributed by atoms with Crippen molar-refractivity contribution >= 4 is 33.6 Å². The van der Waals surface area contributed by atoms with Gasteiger partial charge in [-0.2, -0.15) is 0 Å². The molecule has 0 spiro atoms. The summed E-state index contributed by atoms with van der Waals surface area (Å²) in [4.78, 5) is 29.8. The minimum atomic E-state index is -0.877. The van der Waals surface area contributed by atoms with E-state index in [4.69, 9.17) is 4.98 Å². The number of nitrogens with one attached hydrogen (secondary N) is 1. The van der Waals surface area contributed by atoms with Gasteiger partial charge in [-0.25, -0.2) is 9.78 Å². The summed E-state index contributed by atoms with van der Waals surface area (Å²) in [5, 5.41) is 13.3. The van der Waals surface area contributed by atoms with Crippen LogP contribution >= 0.6 is 11.3 Å². The number of hydrogen-bond donors (Lipinski definition) is 2. The number of carbonyl (C=O) groups is 2. The Bertz CT molecular complexity index is 1090. The molecule has 2 heterocycles. The van der Waals surface area contributed by atoms with E-state index in [9.17, 15) is 14.7 Å². The Hall–Kier alpha value is -2.93. The summed E-state index contributed by atoms with van der Waals surface area (Å²) < 4.78 is 1.05. The number of amides is 2. The number of likely N-dealkylation sites (tertiary alicyclic amines) is 1. The zero-order valence-corrected chi connectivity index (χ0v) is 16.6. The Balaban J connectivity index is 1.39. The highest BCUT2D eigenvalue weighted by Crippen LogP contribution is 2.37. The second-order valence-electron chi connectivity index (χ2n) is 7.69. The molecule has 1 saturated heterocycles. The van der Waals surface area contributed by atoms with Gasteiger partial charge in [-0.3, -0.25) is 9.69 Å². The lowest BCUT2D eigenvalue weighted by atomic mass is 10.0. The average Bonchev–Trinajstić information content (AvgIpc) is 3.24. The first kappa shape index (κ1) is 18.1. The van der Waals surface area contributed by atoms with E-state index in [1.54, 1.807) is 11.3 Å². The van der Waals surface area contributed by atoms with E-state index in [1.807, 2.05) is 36.4 Å². The summed E-state index contributed by atoms with van der Waals surface area (Å²) in [5.41, 5.74) is 3.67. The maximum absolute atomic E-state index is 12.2. The van der Waals surface area contributed by atoms with Crippen LogP contribution in [0.4, 0.5) is 4.79 Å². The second kappa shape index (κ2) is 7.15. The smallest absolute Gasteiger partial charge is 0.407 e. The lowest BCUT2D eigenvalue weighted by molar-refractivity contribution is 0.0951. The highest BCUT2D eigenvalue weighted by molar-refractivity contribution is 7.18. The molecule has 2 amide bonds.